The molecule has 0 amide bonds. The van der Waals surface area contributed by atoms with Crippen molar-refractivity contribution in [3.8, 4) is 0 Å². The van der Waals surface area contributed by atoms with Crippen molar-refractivity contribution in [3.05, 3.63) is 24.3 Å². The number of hydrogen-bond donors (Lipinski definition) is 0. The average molecular weight is 200 g/mol. The van der Waals surface area contributed by atoms with Gasteiger partial charge >= 0.3 is 69.4 Å². The van der Waals surface area contributed by atoms with Crippen molar-refractivity contribution in [2.45, 2.75) is 0 Å². The summed E-state index contributed by atoms with van der Waals surface area (Å²) in [5.41, 5.74) is 1.25. The number of nitrogens with zero attached hydrogens (tertiary/aromatic N) is 1. The minimum atomic E-state index is 1.25. The van der Waals surface area contributed by atoms with Crippen LogP contribution in [-0.2, 0) is 0 Å². The molecule has 1 aromatic carbocycles. The van der Waals surface area contributed by atoms with Gasteiger partial charge in [-0.3, -0.25) is 0 Å². The molecular weight excluding hydrogens is 189 g/mol. The van der Waals surface area contributed by atoms with Crippen LogP contribution in [0.25, 0.3) is 0 Å². The molecule has 1 aromatic rings. The Morgan fingerprint density at radius 1 is 1.30 bits per heavy atom. The van der Waals surface area contributed by atoms with E-state index in [1.165, 1.54) is 10.1 Å². The van der Waals surface area contributed by atoms with Crippen molar-refractivity contribution in [2.75, 3.05) is 19.0 Å². The third-order valence-electron chi connectivity index (χ3n) is 1.35. The summed E-state index contributed by atoms with van der Waals surface area (Å²) < 4.78 is 1.25. The van der Waals surface area contributed by atoms with E-state index in [2.05, 4.69) is 45.2 Å². The summed E-state index contributed by atoms with van der Waals surface area (Å²) >= 11 is 2.54. The summed E-state index contributed by atoms with van der Waals surface area (Å²) in [5, 5.41) is 0. The molecule has 0 unspecified atom stereocenters. The van der Waals surface area contributed by atoms with Gasteiger partial charge in [0.1, 0.15) is 0 Å². The first kappa shape index (κ1) is 7.64. The van der Waals surface area contributed by atoms with Gasteiger partial charge in [-0.05, 0) is 0 Å². The van der Waals surface area contributed by atoms with Gasteiger partial charge in [0.25, 0.3) is 0 Å². The van der Waals surface area contributed by atoms with Crippen LogP contribution in [0.3, 0.4) is 0 Å². The van der Waals surface area contributed by atoms with Crippen LogP contribution in [-0.4, -0.2) is 30.1 Å². The summed E-state index contributed by atoms with van der Waals surface area (Å²) in [4.78, 5) is 2.09. The maximum atomic E-state index is 2.54. The number of benzene rings is 1. The van der Waals surface area contributed by atoms with Crippen molar-refractivity contribution in [1.82, 2.24) is 0 Å². The zero-order valence-electron chi connectivity index (χ0n) is 6.20. The standard InChI is InChI=1S/C8H11NSe/c1-9(2)7-4-3-5-8(10)6-7/h3-6,10H,1-2H3. The predicted molar refractivity (Wildman–Crippen MR) is 47.6 cm³/mol. The van der Waals surface area contributed by atoms with Crippen LogP contribution in [0.1, 0.15) is 0 Å². The molecule has 0 aromatic heterocycles. The first-order valence-electron chi connectivity index (χ1n) is 3.16. The van der Waals surface area contributed by atoms with Gasteiger partial charge in [0, 0.05) is 0 Å². The Kier molecular flexibility index (Phi) is 2.36. The van der Waals surface area contributed by atoms with Gasteiger partial charge in [-0.15, -0.1) is 0 Å². The van der Waals surface area contributed by atoms with Crippen LogP contribution in [0.5, 0.6) is 0 Å². The molecule has 0 saturated heterocycles. The summed E-state index contributed by atoms with van der Waals surface area (Å²) in [6.45, 7) is 0. The Hall–Kier alpha value is -0.461. The van der Waals surface area contributed by atoms with Gasteiger partial charge in [0.2, 0.25) is 0 Å². The summed E-state index contributed by atoms with van der Waals surface area (Å²) in [5.74, 6) is 0. The Morgan fingerprint density at radius 3 is 2.40 bits per heavy atom. The SMILES string of the molecule is CN(C)c1cccc([SeH])c1. The van der Waals surface area contributed by atoms with E-state index >= 15 is 0 Å². The molecule has 0 fully saturated rings. The topological polar surface area (TPSA) is 3.24 Å². The van der Waals surface area contributed by atoms with E-state index in [-0.39, 0.29) is 0 Å². The second-order valence-corrected chi connectivity index (χ2v) is 3.50. The molecule has 0 bridgehead atoms. The Labute approximate surface area is 69.9 Å². The van der Waals surface area contributed by atoms with Crippen molar-refractivity contribution in [2.24, 2.45) is 0 Å². The zero-order chi connectivity index (χ0) is 7.56. The summed E-state index contributed by atoms with van der Waals surface area (Å²) in [7, 11) is 4.09. The fourth-order valence-corrected chi connectivity index (χ4v) is 1.23. The monoisotopic (exact) mass is 201 g/mol. The van der Waals surface area contributed by atoms with Crippen LogP contribution in [0.15, 0.2) is 24.3 Å². The summed E-state index contributed by atoms with van der Waals surface area (Å²) in [6, 6.07) is 8.37. The quantitative estimate of drug-likeness (QED) is 0.588. The van der Waals surface area contributed by atoms with Gasteiger partial charge in [0.05, 0.1) is 0 Å². The van der Waals surface area contributed by atoms with E-state index in [9.17, 15) is 0 Å². The van der Waals surface area contributed by atoms with Crippen molar-refractivity contribution < 1.29 is 0 Å². The zero-order valence-corrected chi connectivity index (χ0v) is 8.08. The van der Waals surface area contributed by atoms with Crippen molar-refractivity contribution >= 4 is 26.2 Å². The van der Waals surface area contributed by atoms with Crippen molar-refractivity contribution in [1.29, 1.82) is 0 Å². The molecule has 2 heteroatoms. The van der Waals surface area contributed by atoms with Gasteiger partial charge in [-0.2, -0.15) is 0 Å². The van der Waals surface area contributed by atoms with E-state index in [0.29, 0.717) is 0 Å². The van der Waals surface area contributed by atoms with E-state index < -0.39 is 0 Å². The molecule has 0 aliphatic heterocycles. The molecule has 0 radical (unpaired) electrons. The number of rotatable bonds is 1. The first-order chi connectivity index (χ1) is 4.70. The molecule has 0 atom stereocenters. The molecule has 0 aliphatic rings. The number of hydrogen-bond acceptors (Lipinski definition) is 1. The molecule has 0 N–H and O–H groups in total. The normalized spacial score (nSPS) is 9.50. The van der Waals surface area contributed by atoms with E-state index in [1.54, 1.807) is 0 Å². The first-order valence-corrected chi connectivity index (χ1v) is 4.10. The molecular formula is C8H11NSe. The third kappa shape index (κ3) is 1.76. The van der Waals surface area contributed by atoms with Crippen molar-refractivity contribution in [3.63, 3.8) is 0 Å². The summed E-state index contributed by atoms with van der Waals surface area (Å²) in [6.07, 6.45) is 0. The van der Waals surface area contributed by atoms with Gasteiger partial charge in [0.15, 0.2) is 0 Å². The Balaban J connectivity index is 2.96. The molecule has 1 nitrogen and oxygen atoms in total. The van der Waals surface area contributed by atoms with Crippen LogP contribution >= 0.6 is 0 Å². The second-order valence-electron chi connectivity index (χ2n) is 2.41. The molecule has 0 aliphatic carbocycles. The Bertz CT molecular complexity index is 220. The molecule has 10 heavy (non-hydrogen) atoms. The molecule has 0 heterocycles. The van der Waals surface area contributed by atoms with E-state index in [1.807, 2.05) is 14.1 Å². The van der Waals surface area contributed by atoms with E-state index in [4.69, 9.17) is 0 Å². The van der Waals surface area contributed by atoms with Gasteiger partial charge < -0.3 is 0 Å². The predicted octanol–water partition coefficient (Wildman–Crippen LogP) is 0.279. The van der Waals surface area contributed by atoms with Crippen LogP contribution in [0.2, 0.25) is 0 Å². The fraction of sp³-hybridized carbons (Fsp3) is 0.250. The molecule has 0 saturated carbocycles. The second kappa shape index (κ2) is 3.09. The molecule has 1 rings (SSSR count). The van der Waals surface area contributed by atoms with Crippen LogP contribution < -0.4 is 9.36 Å². The Morgan fingerprint density at radius 2 is 2.00 bits per heavy atom. The van der Waals surface area contributed by atoms with Gasteiger partial charge in [-0.25, -0.2) is 0 Å². The van der Waals surface area contributed by atoms with Crippen LogP contribution in [0, 0.1) is 0 Å². The average Bonchev–Trinajstić information content (AvgIpc) is 1.88. The molecule has 54 valence electrons. The number of anilines is 1. The minimum absolute atomic E-state index is 1.25. The van der Waals surface area contributed by atoms with Gasteiger partial charge in [-0.1, -0.05) is 0 Å². The van der Waals surface area contributed by atoms with E-state index in [0.717, 1.165) is 0 Å². The third-order valence-corrected chi connectivity index (χ3v) is 1.93. The molecule has 0 spiro atoms. The van der Waals surface area contributed by atoms with Crippen LogP contribution in [0.4, 0.5) is 5.69 Å². The fourth-order valence-electron chi connectivity index (χ4n) is 0.771. The maximum absolute atomic E-state index is 2.54.